The highest BCUT2D eigenvalue weighted by Crippen LogP contribution is 2.30. The molecule has 1 unspecified atom stereocenters. The van der Waals surface area contributed by atoms with Crippen molar-refractivity contribution in [3.8, 4) is 5.75 Å². The number of aromatic amines is 1. The summed E-state index contributed by atoms with van der Waals surface area (Å²) in [6.45, 7) is 3.21. The number of carbonyl (C=O) groups is 3. The Kier molecular flexibility index (Phi) is 10.4. The van der Waals surface area contributed by atoms with Crippen LogP contribution in [0.5, 0.6) is 5.75 Å². The van der Waals surface area contributed by atoms with Gasteiger partial charge in [-0.05, 0) is 44.9 Å². The monoisotopic (exact) mass is 588 g/mol. The number of carbonyl (C=O) groups excluding carboxylic acids is 3. The lowest BCUT2D eigenvalue weighted by atomic mass is 10.1. The molecule has 3 aromatic rings. The lowest BCUT2D eigenvalue weighted by Gasteiger charge is -2.19. The molecule has 0 fully saturated rings. The van der Waals surface area contributed by atoms with Gasteiger partial charge < -0.3 is 34.1 Å². The highest BCUT2D eigenvalue weighted by atomic mass is 19.2. The minimum atomic E-state index is -1.26. The maximum Gasteiger partial charge on any atom is 0.410 e. The molecule has 2 heterocycles. The van der Waals surface area contributed by atoms with E-state index in [1.165, 1.54) is 48.0 Å². The average molecular weight is 589 g/mol. The van der Waals surface area contributed by atoms with Crippen molar-refractivity contribution in [3.05, 3.63) is 64.4 Å². The molecule has 226 valence electrons. The fraction of sp³-hybridized carbons (Fsp3) is 0.393. The van der Waals surface area contributed by atoms with E-state index >= 15 is 0 Å². The molecule has 14 heteroatoms. The predicted octanol–water partition coefficient (Wildman–Crippen LogP) is 3.27. The summed E-state index contributed by atoms with van der Waals surface area (Å²) in [5.41, 5.74) is -0.439. The summed E-state index contributed by atoms with van der Waals surface area (Å²) in [5.74, 6) is -3.38. The van der Waals surface area contributed by atoms with Crippen LogP contribution in [0.15, 0.2) is 41.3 Å². The third-order valence-electron chi connectivity index (χ3n) is 5.83. The van der Waals surface area contributed by atoms with E-state index in [1.54, 1.807) is 34.0 Å². The van der Waals surface area contributed by atoms with Crippen LogP contribution >= 0.6 is 0 Å². The number of anilines is 1. The second kappa shape index (κ2) is 13.7. The summed E-state index contributed by atoms with van der Waals surface area (Å²) < 4.78 is 40.5. The molecular weight excluding hydrogens is 554 g/mol. The number of allylic oxidation sites excluding steroid dienone is 1. The number of ether oxygens (including phenoxy) is 2. The molecule has 2 N–H and O–H groups in total. The molecule has 0 saturated heterocycles. The van der Waals surface area contributed by atoms with Gasteiger partial charge in [0.2, 0.25) is 11.7 Å². The van der Waals surface area contributed by atoms with Crippen molar-refractivity contribution < 1.29 is 32.6 Å². The van der Waals surface area contributed by atoms with Crippen LogP contribution in [0.2, 0.25) is 0 Å². The Morgan fingerprint density at radius 2 is 1.88 bits per heavy atom. The standard InChI is InChI=1S/C28H34F2N6O6/c1-16(2)41-25-23(30)17(29)14-19-24(25)33-21(31-19)15-36-13-9-10-18(27(36)39)32-26(38)20(42-28(40)35(5)6)11-7-8-12-22(37)34(3)4/h8-10,12-14,16,20H,7,11,15H2,1-6H3,(H,31,33)(H,32,38)/b12-8+. The number of aromatic nitrogens is 3. The number of likely N-dealkylation sites (N-methyl/N-ethyl adjacent to an activating group) is 1. The largest absolute Gasteiger partial charge is 0.486 e. The number of hydrogen-bond acceptors (Lipinski definition) is 7. The molecule has 3 amide bonds. The van der Waals surface area contributed by atoms with Gasteiger partial charge in [-0.1, -0.05) is 6.08 Å². The van der Waals surface area contributed by atoms with E-state index in [4.69, 9.17) is 9.47 Å². The number of rotatable bonds is 11. The van der Waals surface area contributed by atoms with Gasteiger partial charge in [0.15, 0.2) is 17.7 Å². The predicted molar refractivity (Wildman–Crippen MR) is 151 cm³/mol. The van der Waals surface area contributed by atoms with Crippen LogP contribution in [0, 0.1) is 11.6 Å². The molecule has 2 aromatic heterocycles. The van der Waals surface area contributed by atoms with E-state index in [0.29, 0.717) is 0 Å². The second-order valence-electron chi connectivity index (χ2n) is 10.1. The Hall–Kier alpha value is -4.75. The van der Waals surface area contributed by atoms with Crippen LogP contribution in [0.3, 0.4) is 0 Å². The number of halogens is 2. The van der Waals surface area contributed by atoms with Crippen LogP contribution < -0.4 is 15.6 Å². The van der Waals surface area contributed by atoms with E-state index in [2.05, 4.69) is 15.3 Å². The van der Waals surface area contributed by atoms with Gasteiger partial charge >= 0.3 is 6.09 Å². The zero-order valence-corrected chi connectivity index (χ0v) is 24.2. The number of fused-ring (bicyclic) bond motifs is 1. The first-order valence-electron chi connectivity index (χ1n) is 13.1. The van der Waals surface area contributed by atoms with E-state index in [-0.39, 0.29) is 53.6 Å². The van der Waals surface area contributed by atoms with Gasteiger partial charge in [0, 0.05) is 40.5 Å². The van der Waals surface area contributed by atoms with E-state index in [9.17, 15) is 28.0 Å². The van der Waals surface area contributed by atoms with Crippen molar-refractivity contribution in [3.63, 3.8) is 0 Å². The smallest absolute Gasteiger partial charge is 0.410 e. The summed E-state index contributed by atoms with van der Waals surface area (Å²) in [7, 11) is 6.12. The first-order chi connectivity index (χ1) is 19.8. The molecule has 1 aromatic carbocycles. The quantitative estimate of drug-likeness (QED) is 0.328. The van der Waals surface area contributed by atoms with Crippen molar-refractivity contribution in [1.29, 1.82) is 0 Å². The Bertz CT molecular complexity index is 1550. The SMILES string of the molecule is CC(C)Oc1c(F)c(F)cc2[nH]c(Cn3cccc(NC(=O)C(CC/C=C/C(=O)N(C)C)OC(=O)N(C)C)c3=O)nc12. The topological polar surface area (TPSA) is 139 Å². The maximum atomic E-state index is 14.4. The number of nitrogens with zero attached hydrogens (tertiary/aromatic N) is 4. The lowest BCUT2D eigenvalue weighted by Crippen LogP contribution is -2.37. The zero-order valence-electron chi connectivity index (χ0n) is 24.2. The van der Waals surface area contributed by atoms with Gasteiger partial charge in [-0.3, -0.25) is 14.4 Å². The molecular formula is C28H34F2N6O6. The third-order valence-corrected chi connectivity index (χ3v) is 5.83. The Labute approximate surface area is 240 Å². The summed E-state index contributed by atoms with van der Waals surface area (Å²) in [6.07, 6.45) is 2.20. The fourth-order valence-corrected chi connectivity index (χ4v) is 3.72. The molecule has 0 saturated carbocycles. The molecule has 42 heavy (non-hydrogen) atoms. The highest BCUT2D eigenvalue weighted by Gasteiger charge is 2.25. The van der Waals surface area contributed by atoms with E-state index in [0.717, 1.165) is 11.0 Å². The van der Waals surface area contributed by atoms with Gasteiger partial charge in [-0.25, -0.2) is 14.2 Å². The Morgan fingerprint density at radius 3 is 2.52 bits per heavy atom. The highest BCUT2D eigenvalue weighted by molar-refractivity contribution is 5.95. The van der Waals surface area contributed by atoms with Crippen molar-refractivity contribution in [2.75, 3.05) is 33.5 Å². The normalized spacial score (nSPS) is 12.0. The van der Waals surface area contributed by atoms with E-state index < -0.39 is 41.4 Å². The number of H-pyrrole nitrogens is 1. The molecule has 1 atom stereocenters. The van der Waals surface area contributed by atoms with Crippen molar-refractivity contribution in [1.82, 2.24) is 24.3 Å². The molecule has 12 nitrogen and oxygen atoms in total. The minimum absolute atomic E-state index is 0.0521. The van der Waals surface area contributed by atoms with Gasteiger partial charge in [0.1, 0.15) is 17.0 Å². The zero-order chi connectivity index (χ0) is 31.1. The first kappa shape index (κ1) is 31.8. The Morgan fingerprint density at radius 1 is 1.17 bits per heavy atom. The molecule has 0 bridgehead atoms. The number of amides is 3. The molecule has 0 spiro atoms. The van der Waals surface area contributed by atoms with Crippen molar-refractivity contribution >= 4 is 34.6 Å². The van der Waals surface area contributed by atoms with Gasteiger partial charge in [-0.15, -0.1) is 0 Å². The van der Waals surface area contributed by atoms with Crippen molar-refractivity contribution in [2.24, 2.45) is 0 Å². The summed E-state index contributed by atoms with van der Waals surface area (Å²) in [5, 5.41) is 2.50. The summed E-state index contributed by atoms with van der Waals surface area (Å²) in [6, 6.07) is 3.85. The molecule has 0 aliphatic rings. The average Bonchev–Trinajstić information content (AvgIpc) is 3.31. The molecule has 0 radical (unpaired) electrons. The molecule has 3 rings (SSSR count). The summed E-state index contributed by atoms with van der Waals surface area (Å²) in [4.78, 5) is 59.9. The van der Waals surface area contributed by atoms with Gasteiger partial charge in [-0.2, -0.15) is 4.39 Å². The van der Waals surface area contributed by atoms with Crippen LogP contribution in [0.1, 0.15) is 32.5 Å². The summed E-state index contributed by atoms with van der Waals surface area (Å²) >= 11 is 0. The van der Waals surface area contributed by atoms with Gasteiger partial charge in [0.05, 0.1) is 18.2 Å². The lowest BCUT2D eigenvalue weighted by molar-refractivity contribution is -0.125. The number of hydrogen-bond donors (Lipinski definition) is 2. The van der Waals surface area contributed by atoms with Crippen LogP contribution in [-0.4, -0.2) is 82.6 Å². The maximum absolute atomic E-state index is 14.4. The van der Waals surface area contributed by atoms with E-state index in [1.807, 2.05) is 0 Å². The number of pyridine rings is 1. The molecule has 0 aliphatic heterocycles. The fourth-order valence-electron chi connectivity index (χ4n) is 3.72. The van der Waals surface area contributed by atoms with Crippen LogP contribution in [-0.2, 0) is 20.9 Å². The number of imidazole rings is 1. The Balaban J connectivity index is 1.82. The molecule has 0 aliphatic carbocycles. The minimum Gasteiger partial charge on any atom is -0.486 e. The number of benzene rings is 1. The van der Waals surface area contributed by atoms with Gasteiger partial charge in [0.25, 0.3) is 11.5 Å². The van der Waals surface area contributed by atoms with Crippen LogP contribution in [0.4, 0.5) is 19.3 Å². The first-order valence-corrected chi connectivity index (χ1v) is 13.1. The second-order valence-corrected chi connectivity index (χ2v) is 10.1. The van der Waals surface area contributed by atoms with Crippen molar-refractivity contribution in [2.45, 2.75) is 45.4 Å². The third kappa shape index (κ3) is 7.92. The number of nitrogens with one attached hydrogen (secondary N) is 2. The van der Waals surface area contributed by atoms with Crippen LogP contribution in [0.25, 0.3) is 11.0 Å².